The van der Waals surface area contributed by atoms with Crippen LogP contribution in [0.5, 0.6) is 0 Å². The molecule has 1 saturated heterocycles. The Hall–Kier alpha value is -2.91. The van der Waals surface area contributed by atoms with Crippen LogP contribution in [0.4, 0.5) is 17.6 Å². The summed E-state index contributed by atoms with van der Waals surface area (Å²) < 4.78 is 7.77. The Kier molecular flexibility index (Phi) is 7.29. The van der Waals surface area contributed by atoms with Crippen LogP contribution in [-0.2, 0) is 9.53 Å². The highest BCUT2D eigenvalue weighted by Crippen LogP contribution is 2.37. The molecule has 9 nitrogen and oxygen atoms in total. The summed E-state index contributed by atoms with van der Waals surface area (Å²) >= 11 is 6.24. The van der Waals surface area contributed by atoms with E-state index in [0.29, 0.717) is 16.9 Å². The van der Waals surface area contributed by atoms with Crippen molar-refractivity contribution in [1.29, 1.82) is 0 Å². The fourth-order valence-corrected chi connectivity index (χ4v) is 5.38. The summed E-state index contributed by atoms with van der Waals surface area (Å²) in [6.45, 7) is 5.98. The monoisotopic (exact) mass is 511 g/mol. The lowest BCUT2D eigenvalue weighted by atomic mass is 9.86. The summed E-state index contributed by atoms with van der Waals surface area (Å²) in [5, 5.41) is 10.7. The van der Waals surface area contributed by atoms with E-state index in [0.717, 1.165) is 81.1 Å². The number of carbonyl (C=O) groups is 1. The van der Waals surface area contributed by atoms with Crippen LogP contribution in [0.1, 0.15) is 58.4 Å². The molecule has 0 radical (unpaired) electrons. The van der Waals surface area contributed by atoms with Gasteiger partial charge in [0.05, 0.1) is 6.20 Å². The standard InChI is InChI=1S/C26H34ClN7O2/c1-17(35)28-15-18-6-8-21(9-7-18)34-23-22(31-25(34)30-20-5-3-4-19(27)14-20)16-29-24(32-23)33-26(2)10-12-36-13-11-26/h3-5,14,16,18,21H,6-13,15H2,1-2H3,(H,28,35)(H,30,31)(H,29,32,33). The smallest absolute Gasteiger partial charge is 0.225 e. The molecular weight excluding hydrogens is 478 g/mol. The number of ether oxygens (including phenoxy) is 1. The molecule has 5 rings (SSSR count). The van der Waals surface area contributed by atoms with E-state index in [1.807, 2.05) is 24.3 Å². The van der Waals surface area contributed by atoms with Crippen molar-refractivity contribution in [3.63, 3.8) is 0 Å². The molecule has 10 heteroatoms. The number of anilines is 3. The molecule has 1 aromatic carbocycles. The van der Waals surface area contributed by atoms with Crippen molar-refractivity contribution in [2.45, 2.75) is 64.0 Å². The first-order chi connectivity index (χ1) is 17.4. The zero-order valence-electron chi connectivity index (χ0n) is 20.9. The third-order valence-electron chi connectivity index (χ3n) is 7.34. The largest absolute Gasteiger partial charge is 0.381 e. The number of fused-ring (bicyclic) bond motifs is 1. The Morgan fingerprint density at radius 2 is 1.97 bits per heavy atom. The SMILES string of the molecule is CC(=O)NCC1CCC(n2c(Nc3cccc(Cl)c3)nc3cnc(NC4(C)CCOCC4)nc32)CC1. The van der Waals surface area contributed by atoms with Crippen LogP contribution in [0.25, 0.3) is 11.2 Å². The summed E-state index contributed by atoms with van der Waals surface area (Å²) in [4.78, 5) is 25.8. The molecule has 1 aliphatic heterocycles. The van der Waals surface area contributed by atoms with Crippen molar-refractivity contribution >= 4 is 46.3 Å². The number of imidazole rings is 1. The summed E-state index contributed by atoms with van der Waals surface area (Å²) in [7, 11) is 0. The summed E-state index contributed by atoms with van der Waals surface area (Å²) in [6, 6.07) is 7.88. The molecular formula is C26H34ClN7O2. The van der Waals surface area contributed by atoms with Crippen molar-refractivity contribution in [2.24, 2.45) is 5.92 Å². The molecule has 1 amide bonds. The Morgan fingerprint density at radius 1 is 1.19 bits per heavy atom. The van der Waals surface area contributed by atoms with Crippen LogP contribution >= 0.6 is 11.6 Å². The molecule has 1 saturated carbocycles. The minimum Gasteiger partial charge on any atom is -0.381 e. The number of nitrogens with one attached hydrogen (secondary N) is 3. The van der Waals surface area contributed by atoms with E-state index in [4.69, 9.17) is 26.3 Å². The number of rotatable bonds is 7. The second-order valence-electron chi connectivity index (χ2n) is 10.3. The van der Waals surface area contributed by atoms with Gasteiger partial charge in [-0.25, -0.2) is 9.97 Å². The third-order valence-corrected chi connectivity index (χ3v) is 7.58. The van der Waals surface area contributed by atoms with Crippen molar-refractivity contribution in [3.8, 4) is 0 Å². The van der Waals surface area contributed by atoms with Gasteiger partial charge >= 0.3 is 0 Å². The number of hydrogen-bond donors (Lipinski definition) is 3. The van der Waals surface area contributed by atoms with Gasteiger partial charge in [0.25, 0.3) is 0 Å². The Balaban J connectivity index is 1.45. The van der Waals surface area contributed by atoms with E-state index in [1.54, 1.807) is 13.1 Å². The van der Waals surface area contributed by atoms with Crippen LogP contribution in [0, 0.1) is 5.92 Å². The number of amides is 1. The van der Waals surface area contributed by atoms with Crippen LogP contribution in [-0.4, -0.2) is 50.7 Å². The number of nitrogens with zero attached hydrogens (tertiary/aromatic N) is 4. The van der Waals surface area contributed by atoms with Gasteiger partial charge in [0.2, 0.25) is 17.8 Å². The molecule has 1 aliphatic carbocycles. The van der Waals surface area contributed by atoms with Crippen LogP contribution in [0.3, 0.4) is 0 Å². The lowest BCUT2D eigenvalue weighted by molar-refractivity contribution is -0.119. The summed E-state index contributed by atoms with van der Waals surface area (Å²) in [5.74, 6) is 1.87. The number of carbonyl (C=O) groups excluding carboxylic acids is 1. The minimum absolute atomic E-state index is 0.0284. The lowest BCUT2D eigenvalue weighted by Crippen LogP contribution is -2.41. The molecule has 2 aliphatic rings. The molecule has 0 atom stereocenters. The van der Waals surface area contributed by atoms with Crippen LogP contribution in [0.15, 0.2) is 30.5 Å². The topological polar surface area (TPSA) is 106 Å². The molecule has 2 fully saturated rings. The molecule has 0 spiro atoms. The zero-order chi connectivity index (χ0) is 25.1. The number of hydrogen-bond acceptors (Lipinski definition) is 7. The highest BCUT2D eigenvalue weighted by molar-refractivity contribution is 6.30. The van der Waals surface area contributed by atoms with Gasteiger partial charge in [-0.15, -0.1) is 0 Å². The maximum absolute atomic E-state index is 11.4. The van der Waals surface area contributed by atoms with Gasteiger partial charge in [-0.1, -0.05) is 17.7 Å². The Bertz CT molecular complexity index is 1220. The highest BCUT2D eigenvalue weighted by Gasteiger charge is 2.30. The van der Waals surface area contributed by atoms with E-state index in [9.17, 15) is 4.79 Å². The van der Waals surface area contributed by atoms with Crippen molar-refractivity contribution in [3.05, 3.63) is 35.5 Å². The predicted molar refractivity (Wildman–Crippen MR) is 142 cm³/mol. The van der Waals surface area contributed by atoms with Gasteiger partial charge < -0.3 is 20.7 Å². The summed E-state index contributed by atoms with van der Waals surface area (Å²) in [5.41, 5.74) is 2.35. The lowest BCUT2D eigenvalue weighted by Gasteiger charge is -2.34. The van der Waals surface area contributed by atoms with E-state index in [-0.39, 0.29) is 17.5 Å². The zero-order valence-corrected chi connectivity index (χ0v) is 21.6. The van der Waals surface area contributed by atoms with Gasteiger partial charge in [0.1, 0.15) is 5.52 Å². The molecule has 0 unspecified atom stereocenters. The molecule has 3 aromatic rings. The second-order valence-corrected chi connectivity index (χ2v) is 10.7. The average molecular weight is 512 g/mol. The van der Waals surface area contributed by atoms with Crippen molar-refractivity contribution in [1.82, 2.24) is 24.8 Å². The van der Waals surface area contributed by atoms with E-state index in [2.05, 4.69) is 32.4 Å². The van der Waals surface area contributed by atoms with Crippen molar-refractivity contribution < 1.29 is 9.53 Å². The van der Waals surface area contributed by atoms with Crippen LogP contribution < -0.4 is 16.0 Å². The number of benzene rings is 1. The first-order valence-electron chi connectivity index (χ1n) is 12.8. The molecule has 0 bridgehead atoms. The Labute approximate surface area is 216 Å². The normalized spacial score (nSPS) is 21.8. The predicted octanol–water partition coefficient (Wildman–Crippen LogP) is 5.07. The fraction of sp³-hybridized carbons (Fsp3) is 0.538. The first-order valence-corrected chi connectivity index (χ1v) is 13.1. The van der Waals surface area contributed by atoms with Crippen LogP contribution in [0.2, 0.25) is 5.02 Å². The van der Waals surface area contributed by atoms with E-state index in [1.165, 1.54) is 0 Å². The molecule has 36 heavy (non-hydrogen) atoms. The van der Waals surface area contributed by atoms with E-state index >= 15 is 0 Å². The van der Waals surface area contributed by atoms with E-state index < -0.39 is 0 Å². The van der Waals surface area contributed by atoms with Gasteiger partial charge in [-0.2, -0.15) is 4.98 Å². The van der Waals surface area contributed by atoms with Gasteiger partial charge in [-0.05, 0) is 69.6 Å². The van der Waals surface area contributed by atoms with Gasteiger partial charge in [-0.3, -0.25) is 9.36 Å². The third kappa shape index (κ3) is 5.73. The maximum Gasteiger partial charge on any atom is 0.225 e. The minimum atomic E-state index is -0.0968. The molecule has 3 N–H and O–H groups in total. The van der Waals surface area contributed by atoms with Gasteiger partial charge in [0.15, 0.2) is 5.65 Å². The van der Waals surface area contributed by atoms with Gasteiger partial charge in [0, 0.05) is 49.0 Å². The molecule has 192 valence electrons. The highest BCUT2D eigenvalue weighted by atomic mass is 35.5. The average Bonchev–Trinajstić information content (AvgIpc) is 3.20. The maximum atomic E-state index is 11.4. The van der Waals surface area contributed by atoms with Crippen molar-refractivity contribution in [2.75, 3.05) is 30.4 Å². The quantitative estimate of drug-likeness (QED) is 0.406. The molecule has 2 aromatic heterocycles. The number of halogens is 1. The summed E-state index contributed by atoms with van der Waals surface area (Å²) in [6.07, 6.45) is 7.67. The molecule has 3 heterocycles. The second kappa shape index (κ2) is 10.6. The Morgan fingerprint density at radius 3 is 2.69 bits per heavy atom. The first kappa shape index (κ1) is 24.8. The fourth-order valence-electron chi connectivity index (χ4n) is 5.19. The number of aromatic nitrogens is 4.